The van der Waals surface area contributed by atoms with Crippen molar-refractivity contribution < 1.29 is 30.9 Å². The number of hydrogen-bond donors (Lipinski definition) is 1. The molecule has 1 amide bonds. The monoisotopic (exact) mass is 439 g/mol. The first-order chi connectivity index (χ1) is 15.6. The van der Waals surface area contributed by atoms with Crippen molar-refractivity contribution in [1.82, 2.24) is 10.3 Å². The Bertz CT molecular complexity index is 853. The predicted molar refractivity (Wildman–Crippen MR) is 113 cm³/mol. The van der Waals surface area contributed by atoms with Crippen molar-refractivity contribution in [3.63, 3.8) is 0 Å². The lowest BCUT2D eigenvalue weighted by Crippen LogP contribution is -2.54. The van der Waals surface area contributed by atoms with Gasteiger partial charge in [-0.15, -0.1) is 0 Å². The molecule has 1 aromatic rings. The van der Waals surface area contributed by atoms with Gasteiger partial charge in [0.15, 0.2) is 6.81 Å². The normalized spacial score (nSPS) is 18.0. The summed E-state index contributed by atoms with van der Waals surface area (Å²) in [6, 6.07) is 3.23. The molecule has 1 aliphatic heterocycles. The molecule has 3 rings (SSSR count). The summed E-state index contributed by atoms with van der Waals surface area (Å²) in [4.78, 5) is 31.8. The third-order valence-corrected chi connectivity index (χ3v) is 5.85. The molecule has 0 unspecified atom stereocenters. The summed E-state index contributed by atoms with van der Waals surface area (Å²) in [5.41, 5.74) is -0.418. The van der Waals surface area contributed by atoms with Crippen LogP contribution in [0.15, 0.2) is 12.1 Å². The van der Waals surface area contributed by atoms with E-state index in [4.69, 9.17) is 17.0 Å². The number of hydrogen-bond acceptors (Lipinski definition) is 7. The molecule has 1 saturated carbocycles. The van der Waals surface area contributed by atoms with Crippen LogP contribution < -0.4 is 15.0 Å². The molecule has 1 aliphatic carbocycles. The summed E-state index contributed by atoms with van der Waals surface area (Å²) in [5, 5.41) is 2.80. The first kappa shape index (κ1) is 20.5. The molecule has 0 spiro atoms. The Balaban J connectivity index is 1.76. The molecule has 0 radical (unpaired) electrons. The van der Waals surface area contributed by atoms with E-state index in [1.54, 1.807) is 19.1 Å². The van der Waals surface area contributed by atoms with Gasteiger partial charge in [0.25, 0.3) is 5.91 Å². The highest BCUT2D eigenvalue weighted by molar-refractivity contribution is 5.97. The van der Waals surface area contributed by atoms with Crippen LogP contribution in [-0.4, -0.2) is 61.6 Å². The van der Waals surface area contributed by atoms with E-state index in [1.807, 2.05) is 18.7 Å². The zero-order valence-corrected chi connectivity index (χ0v) is 18.3. The summed E-state index contributed by atoms with van der Waals surface area (Å²) in [6.07, 6.45) is 2.30. The Labute approximate surface area is 185 Å². The third-order valence-electron chi connectivity index (χ3n) is 5.85. The minimum Gasteiger partial charge on any atom is -0.476 e. The van der Waals surface area contributed by atoms with Crippen LogP contribution >= 0.6 is 0 Å². The molecule has 9 heteroatoms. The Kier molecular flexibility index (Phi) is 6.78. The molecule has 172 valence electrons. The third kappa shape index (κ3) is 5.44. The van der Waals surface area contributed by atoms with Crippen LogP contribution in [0.2, 0.25) is 0 Å². The Morgan fingerprint density at radius 1 is 1.29 bits per heavy atom. The second kappa shape index (κ2) is 10.3. The van der Waals surface area contributed by atoms with Gasteiger partial charge in [0, 0.05) is 13.1 Å². The van der Waals surface area contributed by atoms with Gasteiger partial charge in [-0.25, -0.2) is 14.2 Å². The number of esters is 1. The Hall–Kier alpha value is -2.42. The molecule has 1 N–H and O–H groups in total. The topological polar surface area (TPSA) is 90.0 Å². The van der Waals surface area contributed by atoms with Crippen LogP contribution in [0.3, 0.4) is 0 Å². The molecular weight excluding hydrogens is 405 g/mol. The fourth-order valence-corrected chi connectivity index (χ4v) is 3.48. The van der Waals surface area contributed by atoms with Crippen LogP contribution in [0.1, 0.15) is 59.7 Å². The van der Waals surface area contributed by atoms with Crippen molar-refractivity contribution >= 4 is 17.6 Å². The van der Waals surface area contributed by atoms with Crippen LogP contribution in [0, 0.1) is 5.92 Å². The van der Waals surface area contributed by atoms with E-state index in [9.17, 15) is 14.0 Å². The first-order valence-electron chi connectivity index (χ1n) is 11.9. The highest BCUT2D eigenvalue weighted by atomic mass is 19.1. The van der Waals surface area contributed by atoms with Crippen LogP contribution in [-0.2, 0) is 14.3 Å². The zero-order valence-electron chi connectivity index (χ0n) is 20.3. The van der Waals surface area contributed by atoms with E-state index < -0.39 is 30.3 Å². The molecule has 2 fully saturated rings. The molecule has 2 aliphatic rings. The molecule has 0 aromatic carbocycles. The fraction of sp³-hybridized carbons (Fsp3) is 0.682. The van der Waals surface area contributed by atoms with Crippen LogP contribution in [0.5, 0.6) is 5.88 Å². The SMILES string of the molecule is [2H]C([2H])(F)OC1CN(c2ccc(C(=O)NC(CC)(CC)C(=O)OCC)nc2OCC2CC2)C1. The van der Waals surface area contributed by atoms with Gasteiger partial charge in [-0.05, 0) is 50.7 Å². The minimum absolute atomic E-state index is 0.105. The summed E-state index contributed by atoms with van der Waals surface area (Å²) in [6.45, 7) is 3.38. The van der Waals surface area contributed by atoms with E-state index in [0.717, 1.165) is 12.8 Å². The quantitative estimate of drug-likeness (QED) is 0.501. The lowest BCUT2D eigenvalue weighted by molar-refractivity contribution is -0.151. The number of anilines is 1. The highest BCUT2D eigenvalue weighted by Crippen LogP contribution is 2.34. The van der Waals surface area contributed by atoms with Crippen LogP contribution in [0.4, 0.5) is 10.1 Å². The van der Waals surface area contributed by atoms with Crippen molar-refractivity contribution in [2.75, 3.05) is 38.0 Å². The molecule has 31 heavy (non-hydrogen) atoms. The molecule has 8 nitrogen and oxygen atoms in total. The van der Waals surface area contributed by atoms with Gasteiger partial charge < -0.3 is 24.4 Å². The molecule has 1 aromatic heterocycles. The van der Waals surface area contributed by atoms with Gasteiger partial charge >= 0.3 is 5.97 Å². The van der Waals surface area contributed by atoms with Crippen molar-refractivity contribution in [2.24, 2.45) is 5.92 Å². The van der Waals surface area contributed by atoms with Gasteiger partial charge in [-0.1, -0.05) is 13.8 Å². The van der Waals surface area contributed by atoms with Crippen molar-refractivity contribution in [2.45, 2.75) is 58.1 Å². The summed E-state index contributed by atoms with van der Waals surface area (Å²) in [7, 11) is 0. The lowest BCUT2D eigenvalue weighted by Gasteiger charge is -2.40. The van der Waals surface area contributed by atoms with E-state index in [-0.39, 0.29) is 31.3 Å². The smallest absolute Gasteiger partial charge is 0.331 e. The number of alkyl halides is 1. The maximum Gasteiger partial charge on any atom is 0.331 e. The number of halogens is 1. The number of amides is 1. The van der Waals surface area contributed by atoms with Gasteiger partial charge in [0.2, 0.25) is 5.88 Å². The number of aromatic nitrogens is 1. The molecule has 0 bridgehead atoms. The van der Waals surface area contributed by atoms with Crippen molar-refractivity contribution in [3.8, 4) is 5.88 Å². The van der Waals surface area contributed by atoms with E-state index in [1.165, 1.54) is 0 Å². The molecular formula is C22H32FN3O5. The predicted octanol–water partition coefficient (Wildman–Crippen LogP) is 2.85. The molecule has 1 saturated heterocycles. The van der Waals surface area contributed by atoms with Crippen LogP contribution in [0.25, 0.3) is 0 Å². The minimum atomic E-state index is -3.19. The summed E-state index contributed by atoms with van der Waals surface area (Å²) < 4.78 is 42.7. The number of rotatable bonds is 12. The van der Waals surface area contributed by atoms with Gasteiger partial charge in [-0.2, -0.15) is 0 Å². The number of nitrogens with one attached hydrogen (secondary N) is 1. The van der Waals surface area contributed by atoms with Gasteiger partial charge in [0.1, 0.15) is 16.9 Å². The summed E-state index contributed by atoms with van der Waals surface area (Å²) in [5.74, 6) is -0.263. The number of pyridine rings is 1. The number of carbonyl (C=O) groups is 2. The van der Waals surface area contributed by atoms with E-state index >= 15 is 0 Å². The average Bonchev–Trinajstić information content (AvgIpc) is 3.57. The highest BCUT2D eigenvalue weighted by Gasteiger charge is 2.39. The maximum atomic E-state index is 13.1. The largest absolute Gasteiger partial charge is 0.476 e. The second-order valence-electron chi connectivity index (χ2n) is 7.96. The van der Waals surface area contributed by atoms with Gasteiger partial charge in [0.05, 0.1) is 22.1 Å². The number of ether oxygens (including phenoxy) is 3. The molecule has 2 heterocycles. The molecule has 0 atom stereocenters. The summed E-state index contributed by atoms with van der Waals surface area (Å²) >= 11 is 0. The lowest BCUT2D eigenvalue weighted by atomic mass is 9.92. The standard InChI is InChI=1S/C22H32FN3O5/c1-4-22(5-2,21(28)29-6-3)25-19(27)17-9-10-18(26-11-16(12-26)31-14-23)20(24-17)30-13-15-7-8-15/h9-10,15-16H,4-8,11-14H2,1-3H3,(H,25,27)/i14D2. The van der Waals surface area contributed by atoms with E-state index in [0.29, 0.717) is 31.1 Å². The zero-order chi connectivity index (χ0) is 24.2. The Morgan fingerprint density at radius 2 is 2.00 bits per heavy atom. The first-order valence-corrected chi connectivity index (χ1v) is 10.9. The van der Waals surface area contributed by atoms with E-state index in [2.05, 4.69) is 10.3 Å². The average molecular weight is 440 g/mol. The van der Waals surface area contributed by atoms with Crippen molar-refractivity contribution in [3.05, 3.63) is 17.8 Å². The second-order valence-corrected chi connectivity index (χ2v) is 7.96. The van der Waals surface area contributed by atoms with Crippen molar-refractivity contribution in [1.29, 1.82) is 0 Å². The Morgan fingerprint density at radius 3 is 2.58 bits per heavy atom. The number of carbonyl (C=O) groups excluding carboxylic acids is 2. The fourth-order valence-electron chi connectivity index (χ4n) is 3.48. The van der Waals surface area contributed by atoms with Gasteiger partial charge in [-0.3, -0.25) is 4.79 Å². The number of nitrogens with zero attached hydrogens (tertiary/aromatic N) is 2. The maximum absolute atomic E-state index is 13.1.